The van der Waals surface area contributed by atoms with E-state index in [0.29, 0.717) is 0 Å². The van der Waals surface area contributed by atoms with Gasteiger partial charge < -0.3 is 8.97 Å². The van der Waals surface area contributed by atoms with Crippen LogP contribution in [0.15, 0.2) is 12.2 Å². The summed E-state index contributed by atoms with van der Waals surface area (Å²) in [5.74, 6) is 0. The quantitative estimate of drug-likeness (QED) is 0.437. The molecule has 0 spiro atoms. The Hall–Kier alpha value is -0.340. The first kappa shape index (κ1) is 11.7. The molecule has 0 aromatic heterocycles. The van der Waals surface area contributed by atoms with Crippen LogP contribution >= 0.6 is 0 Å². The van der Waals surface area contributed by atoms with Crippen LogP contribution in [-0.4, -0.2) is 64.3 Å². The summed E-state index contributed by atoms with van der Waals surface area (Å²) in [6.07, 6.45) is 4.53. The van der Waals surface area contributed by atoms with Crippen molar-refractivity contribution >= 4 is 0 Å². The first-order valence-electron chi connectivity index (χ1n) is 4.47. The number of hydrogen-bond donors (Lipinski definition) is 0. The number of rotatable bonds is 4. The van der Waals surface area contributed by atoms with Crippen LogP contribution in [0.4, 0.5) is 0 Å². The number of hydrogen-bond acceptors (Lipinski definition) is 0. The molecule has 0 heterocycles. The Bertz CT molecular complexity index is 128. The third-order valence-corrected chi connectivity index (χ3v) is 1.47. The molecule has 0 aliphatic heterocycles. The lowest BCUT2D eigenvalue weighted by molar-refractivity contribution is -0.866. The van der Waals surface area contributed by atoms with Gasteiger partial charge in [-0.1, -0.05) is 0 Å². The zero-order chi connectivity index (χ0) is 9.83. The van der Waals surface area contributed by atoms with Gasteiger partial charge in [-0.3, -0.25) is 0 Å². The predicted octanol–water partition coefficient (Wildman–Crippen LogP) is 0.955. The van der Waals surface area contributed by atoms with Crippen LogP contribution in [0.25, 0.3) is 0 Å². The Morgan fingerprint density at radius 3 is 1.08 bits per heavy atom. The van der Waals surface area contributed by atoms with Crippen LogP contribution in [0.1, 0.15) is 0 Å². The zero-order valence-electron chi connectivity index (χ0n) is 9.46. The normalized spacial score (nSPS) is 14.2. The van der Waals surface area contributed by atoms with E-state index in [1.54, 1.807) is 0 Å². The molecule has 0 aromatic rings. The van der Waals surface area contributed by atoms with Gasteiger partial charge in [0.2, 0.25) is 0 Å². The molecular formula is C10H24N2+2. The smallest absolute Gasteiger partial charge is 0.0969 e. The van der Waals surface area contributed by atoms with Gasteiger partial charge in [-0.25, -0.2) is 0 Å². The van der Waals surface area contributed by atoms with Crippen molar-refractivity contribution in [2.75, 3.05) is 55.4 Å². The van der Waals surface area contributed by atoms with Crippen molar-refractivity contribution in [1.82, 2.24) is 0 Å². The molecule has 0 aliphatic carbocycles. The van der Waals surface area contributed by atoms with Crippen molar-refractivity contribution in [3.63, 3.8) is 0 Å². The highest BCUT2D eigenvalue weighted by Crippen LogP contribution is 1.93. The highest BCUT2D eigenvalue weighted by molar-refractivity contribution is 4.80. The van der Waals surface area contributed by atoms with Gasteiger partial charge in [-0.2, -0.15) is 0 Å². The van der Waals surface area contributed by atoms with Gasteiger partial charge in [0.1, 0.15) is 0 Å². The Morgan fingerprint density at radius 2 is 0.917 bits per heavy atom. The topological polar surface area (TPSA) is 0 Å². The van der Waals surface area contributed by atoms with E-state index < -0.39 is 0 Å². The molecule has 0 saturated heterocycles. The third-order valence-electron chi connectivity index (χ3n) is 1.47. The van der Waals surface area contributed by atoms with E-state index in [9.17, 15) is 0 Å². The largest absolute Gasteiger partial charge is 0.328 e. The lowest BCUT2D eigenvalue weighted by Gasteiger charge is -2.23. The number of quaternary nitrogens is 2. The number of likely N-dealkylation sites (N-methyl/N-ethyl adjacent to an activating group) is 2. The van der Waals surface area contributed by atoms with Crippen molar-refractivity contribution in [2.45, 2.75) is 0 Å². The van der Waals surface area contributed by atoms with Crippen LogP contribution in [0, 0.1) is 0 Å². The van der Waals surface area contributed by atoms with E-state index in [2.05, 4.69) is 54.4 Å². The minimum absolute atomic E-state index is 1.01. The van der Waals surface area contributed by atoms with E-state index in [1.807, 2.05) is 0 Å². The number of nitrogens with zero attached hydrogens (tertiary/aromatic N) is 2. The van der Waals surface area contributed by atoms with Gasteiger partial charge in [0.25, 0.3) is 0 Å². The fourth-order valence-corrected chi connectivity index (χ4v) is 0.782. The van der Waals surface area contributed by atoms with Crippen LogP contribution in [-0.2, 0) is 0 Å². The molecule has 0 N–H and O–H groups in total. The fourth-order valence-electron chi connectivity index (χ4n) is 0.782. The fraction of sp³-hybridized carbons (Fsp3) is 0.800. The van der Waals surface area contributed by atoms with E-state index in [1.165, 1.54) is 0 Å². The molecule has 0 saturated carbocycles. The zero-order valence-corrected chi connectivity index (χ0v) is 9.46. The molecule has 0 amide bonds. The van der Waals surface area contributed by atoms with Gasteiger partial charge in [0.05, 0.1) is 55.4 Å². The third kappa shape index (κ3) is 9.66. The van der Waals surface area contributed by atoms with Crippen molar-refractivity contribution in [1.29, 1.82) is 0 Å². The summed E-state index contributed by atoms with van der Waals surface area (Å²) in [7, 11) is 13.2. The van der Waals surface area contributed by atoms with Crippen LogP contribution in [0.3, 0.4) is 0 Å². The summed E-state index contributed by atoms with van der Waals surface area (Å²) >= 11 is 0. The molecule has 0 unspecified atom stereocenters. The average Bonchev–Trinajstić information content (AvgIpc) is 1.76. The minimum atomic E-state index is 1.01. The molecular weight excluding hydrogens is 148 g/mol. The molecule has 12 heavy (non-hydrogen) atoms. The summed E-state index contributed by atoms with van der Waals surface area (Å²) in [6, 6.07) is 0. The van der Waals surface area contributed by atoms with E-state index in [-0.39, 0.29) is 0 Å². The molecule has 0 atom stereocenters. The first-order chi connectivity index (χ1) is 5.21. The van der Waals surface area contributed by atoms with Gasteiger partial charge in [0.15, 0.2) is 0 Å². The van der Waals surface area contributed by atoms with Gasteiger partial charge in [0, 0.05) is 0 Å². The second kappa shape index (κ2) is 4.06. The summed E-state index contributed by atoms with van der Waals surface area (Å²) in [6.45, 7) is 2.22. The Kier molecular flexibility index (Phi) is 3.94. The van der Waals surface area contributed by atoms with Crippen LogP contribution < -0.4 is 0 Å². The maximum absolute atomic E-state index is 2.27. The lowest BCUT2D eigenvalue weighted by atomic mass is 10.4. The van der Waals surface area contributed by atoms with Crippen molar-refractivity contribution in [3.05, 3.63) is 12.2 Å². The minimum Gasteiger partial charge on any atom is -0.328 e. The maximum atomic E-state index is 2.27. The van der Waals surface area contributed by atoms with Gasteiger partial charge >= 0.3 is 0 Å². The summed E-state index contributed by atoms with van der Waals surface area (Å²) in [4.78, 5) is 0. The maximum Gasteiger partial charge on any atom is 0.0969 e. The molecule has 72 valence electrons. The first-order valence-corrected chi connectivity index (χ1v) is 4.47. The highest BCUT2D eigenvalue weighted by Gasteiger charge is 2.04. The predicted molar refractivity (Wildman–Crippen MR) is 54.9 cm³/mol. The van der Waals surface area contributed by atoms with E-state index in [0.717, 1.165) is 22.1 Å². The Labute approximate surface area is 77.3 Å². The molecule has 0 bridgehead atoms. The molecule has 2 heteroatoms. The van der Waals surface area contributed by atoms with Gasteiger partial charge in [-0.05, 0) is 12.2 Å². The molecule has 0 radical (unpaired) electrons. The SMILES string of the molecule is C[N+](C)(C)C/C=C/C[N+](C)(C)C. The Balaban J connectivity index is 3.66. The monoisotopic (exact) mass is 172 g/mol. The molecule has 2 nitrogen and oxygen atoms in total. The summed E-state index contributed by atoms with van der Waals surface area (Å²) < 4.78 is 2.02. The van der Waals surface area contributed by atoms with Crippen molar-refractivity contribution < 1.29 is 8.97 Å². The second-order valence-corrected chi connectivity index (χ2v) is 5.42. The van der Waals surface area contributed by atoms with Crippen molar-refractivity contribution in [3.8, 4) is 0 Å². The lowest BCUT2D eigenvalue weighted by Crippen LogP contribution is -2.36. The molecule has 0 fully saturated rings. The molecule has 0 aliphatic rings. The molecule has 0 aromatic carbocycles. The van der Waals surface area contributed by atoms with Crippen LogP contribution in [0.5, 0.6) is 0 Å². The van der Waals surface area contributed by atoms with E-state index in [4.69, 9.17) is 0 Å². The highest BCUT2D eigenvalue weighted by atomic mass is 15.3. The summed E-state index contributed by atoms with van der Waals surface area (Å²) in [5.41, 5.74) is 0. The standard InChI is InChI=1S/C10H24N2/c1-11(2,3)9-7-8-10-12(4,5)6/h7-8H,9-10H2,1-6H3/q+2/b8-7+. The van der Waals surface area contributed by atoms with Crippen LogP contribution in [0.2, 0.25) is 0 Å². The second-order valence-electron chi connectivity index (χ2n) is 5.42. The molecule has 0 rings (SSSR count). The van der Waals surface area contributed by atoms with Gasteiger partial charge in [-0.15, -0.1) is 0 Å². The Morgan fingerprint density at radius 1 is 0.667 bits per heavy atom. The van der Waals surface area contributed by atoms with Crippen molar-refractivity contribution in [2.24, 2.45) is 0 Å². The van der Waals surface area contributed by atoms with E-state index >= 15 is 0 Å². The average molecular weight is 172 g/mol. The summed E-state index contributed by atoms with van der Waals surface area (Å²) in [5, 5.41) is 0.